The highest BCUT2D eigenvalue weighted by atomic mass is 35.5. The van der Waals surface area contributed by atoms with Crippen molar-refractivity contribution in [3.05, 3.63) is 107 Å². The highest BCUT2D eigenvalue weighted by Gasteiger charge is 2.17. The van der Waals surface area contributed by atoms with E-state index >= 15 is 0 Å². The number of nitrogens with zero attached hydrogens (tertiary/aromatic N) is 3. The molecule has 2 aliphatic rings. The highest BCUT2D eigenvalue weighted by Crippen LogP contribution is 2.30. The first kappa shape index (κ1) is 21.2. The number of hydrogen-bond donors (Lipinski definition) is 0. The lowest BCUT2D eigenvalue weighted by atomic mass is 10.0. The molecule has 0 aliphatic carbocycles. The van der Waals surface area contributed by atoms with E-state index < -0.39 is 23.3 Å². The third-order valence-corrected chi connectivity index (χ3v) is 5.53. The van der Waals surface area contributed by atoms with Crippen LogP contribution in [0.5, 0.6) is 0 Å². The van der Waals surface area contributed by atoms with Crippen LogP contribution in [0.3, 0.4) is 0 Å². The van der Waals surface area contributed by atoms with Crippen molar-refractivity contribution < 1.29 is 17.6 Å². The van der Waals surface area contributed by atoms with E-state index in [0.717, 1.165) is 12.1 Å². The van der Waals surface area contributed by atoms with Crippen LogP contribution >= 0.6 is 11.6 Å². The monoisotopic (exact) mass is 467 g/mol. The second-order valence-electron chi connectivity index (χ2n) is 7.47. The van der Waals surface area contributed by atoms with Crippen LogP contribution in [-0.4, -0.2) is 14.5 Å². The lowest BCUT2D eigenvalue weighted by Crippen LogP contribution is -2.02. The number of aromatic nitrogens is 3. The number of fused-ring (bicyclic) bond motifs is 1. The fourth-order valence-electron chi connectivity index (χ4n) is 3.64. The minimum absolute atomic E-state index is 0.0117. The first-order valence-electron chi connectivity index (χ1n) is 9.91. The smallest absolute Gasteiger partial charge is 0.163 e. The minimum atomic E-state index is -0.830. The molecule has 3 nitrogen and oxygen atoms in total. The Morgan fingerprint density at radius 3 is 2.24 bits per heavy atom. The van der Waals surface area contributed by atoms with Gasteiger partial charge in [-0.25, -0.2) is 27.5 Å². The van der Waals surface area contributed by atoms with Crippen LogP contribution in [0, 0.1) is 23.3 Å². The Kier molecular flexibility index (Phi) is 5.34. The molecule has 0 bridgehead atoms. The van der Waals surface area contributed by atoms with Gasteiger partial charge in [-0.1, -0.05) is 29.8 Å². The van der Waals surface area contributed by atoms with Crippen molar-refractivity contribution >= 4 is 11.6 Å². The third kappa shape index (κ3) is 4.07. The summed E-state index contributed by atoms with van der Waals surface area (Å²) in [5.74, 6) is -2.54. The van der Waals surface area contributed by atoms with Crippen LogP contribution in [-0.2, 0) is 6.54 Å². The van der Waals surface area contributed by atoms with Crippen LogP contribution < -0.4 is 0 Å². The predicted octanol–water partition coefficient (Wildman–Crippen LogP) is 6.98. The molecule has 0 atom stereocenters. The zero-order valence-electron chi connectivity index (χ0n) is 16.9. The maximum atomic E-state index is 14.7. The molecule has 0 saturated heterocycles. The molecule has 3 aromatic carbocycles. The normalized spacial score (nSPS) is 11.3. The van der Waals surface area contributed by atoms with Gasteiger partial charge in [-0.3, -0.25) is 0 Å². The fraction of sp³-hybridized carbons (Fsp3) is 0.0400. The molecule has 0 unspecified atom stereocenters. The topological polar surface area (TPSA) is 30.7 Å². The summed E-state index contributed by atoms with van der Waals surface area (Å²) in [4.78, 5) is 8.76. The van der Waals surface area contributed by atoms with E-state index in [1.165, 1.54) is 24.3 Å². The molecule has 0 N–H and O–H groups in total. The summed E-state index contributed by atoms with van der Waals surface area (Å²) < 4.78 is 58.0. The Balaban J connectivity index is 1.43. The fourth-order valence-corrected chi connectivity index (χ4v) is 3.82. The van der Waals surface area contributed by atoms with Crippen molar-refractivity contribution in [2.75, 3.05) is 0 Å². The van der Waals surface area contributed by atoms with E-state index in [4.69, 9.17) is 11.6 Å². The highest BCUT2D eigenvalue weighted by molar-refractivity contribution is 6.31. The van der Waals surface area contributed by atoms with E-state index in [1.54, 1.807) is 41.2 Å². The van der Waals surface area contributed by atoms with Gasteiger partial charge in [-0.2, -0.15) is 0 Å². The first-order chi connectivity index (χ1) is 15.9. The molecule has 2 aliphatic heterocycles. The number of benzene rings is 3. The molecular weight excluding hydrogens is 454 g/mol. The molecular formula is C25H14ClF4N3. The number of rotatable bonds is 4. The average molecular weight is 468 g/mol. The van der Waals surface area contributed by atoms with Gasteiger partial charge in [-0.15, -0.1) is 0 Å². The molecule has 0 aromatic heterocycles. The van der Waals surface area contributed by atoms with Crippen molar-refractivity contribution in [2.45, 2.75) is 6.54 Å². The van der Waals surface area contributed by atoms with E-state index in [9.17, 15) is 17.6 Å². The summed E-state index contributed by atoms with van der Waals surface area (Å²) >= 11 is 5.85. The summed E-state index contributed by atoms with van der Waals surface area (Å²) in [6, 6.07) is 13.8. The van der Waals surface area contributed by atoms with Gasteiger partial charge in [0.25, 0.3) is 0 Å². The van der Waals surface area contributed by atoms with Gasteiger partial charge < -0.3 is 4.57 Å². The molecule has 5 rings (SSSR count). The van der Waals surface area contributed by atoms with Crippen molar-refractivity contribution in [3.63, 3.8) is 0 Å². The lowest BCUT2D eigenvalue weighted by Gasteiger charge is -2.10. The average Bonchev–Trinajstić information content (AvgIpc) is 3.19. The molecule has 0 fully saturated rings. The van der Waals surface area contributed by atoms with Crippen LogP contribution in [0.15, 0.2) is 73.1 Å². The number of halogens is 5. The number of pyridine rings is 1. The minimum Gasteiger partial charge on any atom is -0.348 e. The zero-order valence-corrected chi connectivity index (χ0v) is 17.6. The number of hydrogen-bond acceptors (Lipinski definition) is 2. The molecule has 8 heteroatoms. The first-order valence-corrected chi connectivity index (χ1v) is 10.3. The van der Waals surface area contributed by atoms with Gasteiger partial charge in [-0.05, 0) is 42.0 Å². The third-order valence-electron chi connectivity index (χ3n) is 5.24. The van der Waals surface area contributed by atoms with Gasteiger partial charge >= 0.3 is 0 Å². The number of imidazole rings is 1. The van der Waals surface area contributed by atoms with Crippen LogP contribution in [0.2, 0.25) is 5.02 Å². The summed E-state index contributed by atoms with van der Waals surface area (Å²) in [5.41, 5.74) is 1.99. The van der Waals surface area contributed by atoms with Crippen molar-refractivity contribution in [1.82, 2.24) is 14.5 Å². The van der Waals surface area contributed by atoms with E-state index in [0.29, 0.717) is 23.5 Å². The standard InChI is InChI=1S/C25H14ClF4N3/c26-19-3-1-2-18(24(19)30)25-31-22-8-9-33(13-23(22)32-25)12-14-4-6-16(20(28)10-14)17-7-5-15(27)11-21(17)29/h1-11,13H,12H2. The largest absolute Gasteiger partial charge is 0.348 e. The molecule has 164 valence electrons. The Bertz CT molecular complexity index is 1460. The molecule has 0 saturated carbocycles. The Morgan fingerprint density at radius 2 is 1.48 bits per heavy atom. The van der Waals surface area contributed by atoms with E-state index in [1.807, 2.05) is 0 Å². The van der Waals surface area contributed by atoms with Crippen LogP contribution in [0.4, 0.5) is 17.6 Å². The van der Waals surface area contributed by atoms with Crippen molar-refractivity contribution in [3.8, 4) is 33.9 Å². The van der Waals surface area contributed by atoms with Crippen LogP contribution in [0.1, 0.15) is 5.56 Å². The molecule has 33 heavy (non-hydrogen) atoms. The summed E-state index contributed by atoms with van der Waals surface area (Å²) in [5, 5.41) is -0.0117. The quantitative estimate of drug-likeness (QED) is 0.267. The Morgan fingerprint density at radius 1 is 0.758 bits per heavy atom. The van der Waals surface area contributed by atoms with Gasteiger partial charge in [0.1, 0.15) is 23.1 Å². The second kappa shape index (κ2) is 8.33. The van der Waals surface area contributed by atoms with Gasteiger partial charge in [0.15, 0.2) is 11.6 Å². The van der Waals surface area contributed by atoms with Crippen LogP contribution in [0.25, 0.3) is 33.9 Å². The van der Waals surface area contributed by atoms with Crippen molar-refractivity contribution in [1.29, 1.82) is 0 Å². The van der Waals surface area contributed by atoms with Gasteiger partial charge in [0, 0.05) is 36.1 Å². The summed E-state index contributed by atoms with van der Waals surface area (Å²) in [6.45, 7) is 0.312. The van der Waals surface area contributed by atoms with E-state index in [2.05, 4.69) is 9.97 Å². The van der Waals surface area contributed by atoms with E-state index in [-0.39, 0.29) is 27.5 Å². The van der Waals surface area contributed by atoms with Crippen molar-refractivity contribution in [2.24, 2.45) is 0 Å². The summed E-state index contributed by atoms with van der Waals surface area (Å²) in [6.07, 6.45) is 3.47. The molecule has 0 radical (unpaired) electrons. The van der Waals surface area contributed by atoms with Gasteiger partial charge in [0.05, 0.1) is 16.3 Å². The lowest BCUT2D eigenvalue weighted by molar-refractivity contribution is 0.582. The maximum Gasteiger partial charge on any atom is 0.163 e. The molecule has 0 spiro atoms. The second-order valence-corrected chi connectivity index (χ2v) is 7.88. The molecule has 3 aromatic rings. The molecule has 2 heterocycles. The maximum absolute atomic E-state index is 14.7. The Hall–Kier alpha value is -3.71. The SMILES string of the molecule is Fc1ccc(-c2ccc(Cn3ccc4nc(-c5cccc(Cl)c5F)nc-4c3)cc2F)c(F)c1. The predicted molar refractivity (Wildman–Crippen MR) is 118 cm³/mol. The Labute approximate surface area is 191 Å². The summed E-state index contributed by atoms with van der Waals surface area (Å²) in [7, 11) is 0. The zero-order chi connectivity index (χ0) is 23.1. The van der Waals surface area contributed by atoms with Gasteiger partial charge in [0.2, 0.25) is 0 Å². The molecule has 0 amide bonds.